The molecule has 0 aromatic rings. The average Bonchev–Trinajstić information content (AvgIpc) is 2.88. The molecule has 2 fully saturated rings. The molecule has 0 aromatic carbocycles. The van der Waals surface area contributed by atoms with Gasteiger partial charge < -0.3 is 55.3 Å². The Labute approximate surface area is 148 Å². The lowest BCUT2D eigenvalue weighted by molar-refractivity contribution is -0.300. The molecule has 1 amide bonds. The highest BCUT2D eigenvalue weighted by atomic mass is 16.7. The maximum absolute atomic E-state index is 11.2. The number of nitrogens with one attached hydrogen (secondary N) is 1. The van der Waals surface area contributed by atoms with Gasteiger partial charge in [-0.25, -0.2) is 0 Å². The van der Waals surface area contributed by atoms with Crippen LogP contribution in [-0.2, 0) is 19.0 Å². The third kappa shape index (κ3) is 4.31. The van der Waals surface area contributed by atoms with Gasteiger partial charge in [0.1, 0.15) is 48.8 Å². The Balaban J connectivity index is 2.13. The van der Waals surface area contributed by atoms with Gasteiger partial charge in [-0.2, -0.15) is 0 Å². The van der Waals surface area contributed by atoms with Crippen LogP contribution in [0.3, 0.4) is 0 Å². The van der Waals surface area contributed by atoms with Crippen LogP contribution in [0.5, 0.6) is 0 Å². The predicted octanol–water partition coefficient (Wildman–Crippen LogP) is -5.25. The van der Waals surface area contributed by atoms with Crippen LogP contribution in [0.1, 0.15) is 6.92 Å². The number of hydrogen-bond donors (Lipinski definition) is 8. The summed E-state index contributed by atoms with van der Waals surface area (Å²) in [7, 11) is 0. The Kier molecular flexibility index (Phi) is 7.27. The first-order chi connectivity index (χ1) is 12.2. The van der Waals surface area contributed by atoms with E-state index in [1.54, 1.807) is 0 Å². The van der Waals surface area contributed by atoms with Gasteiger partial charge in [-0.3, -0.25) is 4.79 Å². The molecule has 152 valence electrons. The predicted molar refractivity (Wildman–Crippen MR) is 80.2 cm³/mol. The van der Waals surface area contributed by atoms with E-state index < -0.39 is 80.5 Å². The zero-order valence-electron chi connectivity index (χ0n) is 14.0. The van der Waals surface area contributed by atoms with Crippen molar-refractivity contribution in [1.29, 1.82) is 0 Å². The number of ether oxygens (including phenoxy) is 3. The van der Waals surface area contributed by atoms with Crippen LogP contribution in [0.2, 0.25) is 0 Å². The molecule has 26 heavy (non-hydrogen) atoms. The second-order valence-corrected chi connectivity index (χ2v) is 6.27. The van der Waals surface area contributed by atoms with Gasteiger partial charge in [0.2, 0.25) is 5.91 Å². The van der Waals surface area contributed by atoms with E-state index in [2.05, 4.69) is 5.32 Å². The van der Waals surface area contributed by atoms with E-state index in [4.69, 9.17) is 19.3 Å². The van der Waals surface area contributed by atoms with Crippen molar-refractivity contribution < 1.29 is 54.8 Å². The SMILES string of the molecule is CC(=O)NC1C(O)OC(CO)[C@H](O[C@@H]2O[C@@H](C(O)CO)C(O)C2O)C1O. The first-order valence-corrected chi connectivity index (χ1v) is 8.06. The van der Waals surface area contributed by atoms with Gasteiger partial charge in [-0.15, -0.1) is 0 Å². The molecule has 2 aliphatic heterocycles. The van der Waals surface area contributed by atoms with Crippen molar-refractivity contribution in [2.45, 2.75) is 68.3 Å². The van der Waals surface area contributed by atoms with E-state index in [1.807, 2.05) is 0 Å². The van der Waals surface area contributed by atoms with E-state index in [-0.39, 0.29) is 0 Å². The van der Waals surface area contributed by atoms with Gasteiger partial charge in [0.15, 0.2) is 12.6 Å². The highest BCUT2D eigenvalue weighted by molar-refractivity contribution is 5.73. The molecule has 0 saturated carbocycles. The van der Waals surface area contributed by atoms with Crippen molar-refractivity contribution >= 4 is 5.91 Å². The maximum Gasteiger partial charge on any atom is 0.217 e. The Morgan fingerprint density at radius 2 is 1.77 bits per heavy atom. The molecule has 10 atom stereocenters. The molecule has 2 heterocycles. The molecule has 0 aromatic heterocycles. The molecule has 0 spiro atoms. The van der Waals surface area contributed by atoms with E-state index >= 15 is 0 Å². The van der Waals surface area contributed by atoms with Gasteiger partial charge in [-0.05, 0) is 0 Å². The van der Waals surface area contributed by atoms with Gasteiger partial charge in [-0.1, -0.05) is 0 Å². The first-order valence-electron chi connectivity index (χ1n) is 8.06. The molecule has 0 bridgehead atoms. The molecule has 12 heteroatoms. The largest absolute Gasteiger partial charge is 0.394 e. The third-order valence-corrected chi connectivity index (χ3v) is 4.36. The quantitative estimate of drug-likeness (QED) is 0.218. The van der Waals surface area contributed by atoms with E-state index in [0.29, 0.717) is 0 Å². The minimum atomic E-state index is -1.63. The number of carbonyl (C=O) groups is 1. The monoisotopic (exact) mass is 383 g/mol. The molecule has 2 rings (SSSR count). The number of rotatable bonds is 6. The summed E-state index contributed by atoms with van der Waals surface area (Å²) in [6, 6.07) is -1.28. The normalized spacial score (nSPS) is 44.7. The summed E-state index contributed by atoms with van der Waals surface area (Å²) < 4.78 is 15.7. The third-order valence-electron chi connectivity index (χ3n) is 4.36. The van der Waals surface area contributed by atoms with Crippen LogP contribution < -0.4 is 5.32 Å². The Morgan fingerprint density at radius 3 is 2.31 bits per heavy atom. The summed E-state index contributed by atoms with van der Waals surface area (Å²) >= 11 is 0. The minimum absolute atomic E-state index is 0.559. The van der Waals surface area contributed by atoms with Gasteiger partial charge in [0.05, 0.1) is 13.2 Å². The highest BCUT2D eigenvalue weighted by Crippen LogP contribution is 2.30. The van der Waals surface area contributed by atoms with Crippen LogP contribution in [0.4, 0.5) is 0 Å². The molecule has 7 unspecified atom stereocenters. The van der Waals surface area contributed by atoms with Gasteiger partial charge in [0, 0.05) is 6.92 Å². The van der Waals surface area contributed by atoms with Gasteiger partial charge in [0.25, 0.3) is 0 Å². The summed E-state index contributed by atoms with van der Waals surface area (Å²) in [6.07, 6.45) is -13.3. The second-order valence-electron chi connectivity index (χ2n) is 6.27. The summed E-state index contributed by atoms with van der Waals surface area (Å²) in [5, 5.41) is 70.4. The minimum Gasteiger partial charge on any atom is -0.394 e. The zero-order chi connectivity index (χ0) is 19.6. The summed E-state index contributed by atoms with van der Waals surface area (Å²) in [5.41, 5.74) is 0. The maximum atomic E-state index is 11.2. The molecular weight excluding hydrogens is 358 g/mol. The topological polar surface area (TPSA) is 198 Å². The number of aliphatic hydroxyl groups excluding tert-OH is 7. The lowest BCUT2D eigenvalue weighted by Gasteiger charge is -2.43. The zero-order valence-corrected chi connectivity index (χ0v) is 14.0. The highest BCUT2D eigenvalue weighted by Gasteiger charge is 2.51. The summed E-state index contributed by atoms with van der Waals surface area (Å²) in [5.74, 6) is -0.559. The fourth-order valence-electron chi connectivity index (χ4n) is 3.00. The lowest BCUT2D eigenvalue weighted by atomic mass is 9.96. The molecule has 8 N–H and O–H groups in total. The number of carbonyl (C=O) groups excluding carboxylic acids is 1. The average molecular weight is 383 g/mol. The van der Waals surface area contributed by atoms with Crippen molar-refractivity contribution in [3.05, 3.63) is 0 Å². The van der Waals surface area contributed by atoms with Crippen LogP contribution in [0.25, 0.3) is 0 Å². The number of aliphatic hydroxyl groups is 7. The van der Waals surface area contributed by atoms with Crippen molar-refractivity contribution in [3.63, 3.8) is 0 Å². The van der Waals surface area contributed by atoms with Crippen molar-refractivity contribution in [2.75, 3.05) is 13.2 Å². The number of hydrogen-bond acceptors (Lipinski definition) is 11. The Bertz CT molecular complexity index is 480. The molecule has 2 saturated heterocycles. The molecule has 0 radical (unpaired) electrons. The Hall–Kier alpha value is -0.930. The summed E-state index contributed by atoms with van der Waals surface area (Å²) in [4.78, 5) is 11.2. The lowest BCUT2D eigenvalue weighted by Crippen LogP contribution is -2.65. The van der Waals surface area contributed by atoms with E-state index in [0.717, 1.165) is 6.92 Å². The standard InChI is InChI=1S/C14H25NO11/c1-4(18)15-7-8(20)12(6(3-17)24-13(7)23)26-14-10(22)9(21)11(25-14)5(19)2-16/h5-14,16-17,19-23H,2-3H2,1H3,(H,15,18)/t5?,6?,7?,8?,9?,10?,11-,12-,13?,14-/m0/s1. The van der Waals surface area contributed by atoms with Crippen LogP contribution in [0, 0.1) is 0 Å². The molecule has 0 aliphatic carbocycles. The van der Waals surface area contributed by atoms with E-state index in [9.17, 15) is 35.4 Å². The Morgan fingerprint density at radius 1 is 1.12 bits per heavy atom. The van der Waals surface area contributed by atoms with Crippen molar-refractivity contribution in [1.82, 2.24) is 5.32 Å². The van der Waals surface area contributed by atoms with Crippen LogP contribution in [-0.4, -0.2) is 116 Å². The summed E-state index contributed by atoms with van der Waals surface area (Å²) in [6.45, 7) is -0.236. The first kappa shape index (κ1) is 21.4. The van der Waals surface area contributed by atoms with Crippen molar-refractivity contribution in [3.8, 4) is 0 Å². The smallest absolute Gasteiger partial charge is 0.217 e. The number of amides is 1. The van der Waals surface area contributed by atoms with E-state index in [1.165, 1.54) is 0 Å². The molecular formula is C14H25NO11. The fraction of sp³-hybridized carbons (Fsp3) is 0.929. The van der Waals surface area contributed by atoms with Crippen molar-refractivity contribution in [2.24, 2.45) is 0 Å². The molecule has 12 nitrogen and oxygen atoms in total. The fourth-order valence-corrected chi connectivity index (χ4v) is 3.00. The second kappa shape index (κ2) is 8.84. The van der Waals surface area contributed by atoms with Crippen LogP contribution in [0.15, 0.2) is 0 Å². The van der Waals surface area contributed by atoms with Crippen LogP contribution >= 0.6 is 0 Å². The van der Waals surface area contributed by atoms with Gasteiger partial charge >= 0.3 is 0 Å². The molecule has 2 aliphatic rings.